The van der Waals surface area contributed by atoms with Gasteiger partial charge in [0.25, 0.3) is 0 Å². The first kappa shape index (κ1) is 19.0. The molecule has 3 heteroatoms. The summed E-state index contributed by atoms with van der Waals surface area (Å²) in [6, 6.07) is 32.1. The minimum Gasteiger partial charge on any atom is -1.00 e. The Hall–Kier alpha value is -1.07. The van der Waals surface area contributed by atoms with E-state index in [1.807, 2.05) is 0 Å². The van der Waals surface area contributed by atoms with Crippen molar-refractivity contribution in [3.8, 4) is 0 Å². The van der Waals surface area contributed by atoms with Crippen molar-refractivity contribution in [2.45, 2.75) is 0 Å². The van der Waals surface area contributed by atoms with Gasteiger partial charge in [0.1, 0.15) is 0 Å². The van der Waals surface area contributed by atoms with E-state index in [-0.39, 0.29) is 35.5 Å². The molecule has 0 aliphatic heterocycles. The summed E-state index contributed by atoms with van der Waals surface area (Å²) in [6.45, 7) is 4.72. The van der Waals surface area contributed by atoms with Crippen LogP contribution in [-0.4, -0.2) is 31.1 Å². The van der Waals surface area contributed by atoms with Crippen LogP contribution in [0.3, 0.4) is 0 Å². The van der Waals surface area contributed by atoms with Crippen LogP contribution in [0.25, 0.3) is 0 Å². The van der Waals surface area contributed by atoms with E-state index < -0.39 is 8.07 Å². The molecule has 0 radical (unpaired) electrons. The molecule has 0 spiro atoms. The third kappa shape index (κ3) is 3.63. The summed E-state index contributed by atoms with van der Waals surface area (Å²) in [5.74, 6) is 0. The second-order valence-electron chi connectivity index (χ2n) is 5.00. The van der Waals surface area contributed by atoms with Crippen molar-refractivity contribution < 1.29 is 12.4 Å². The van der Waals surface area contributed by atoms with Gasteiger partial charge in [0.15, 0.2) is 0 Å². The SMILES string of the molecule is [CH2-][Si](c1ccccc1)(c1ccccc1)c1ccccc1.[Cl-].[Mg+2]. The molecule has 0 saturated carbocycles. The molecule has 0 fully saturated rings. The number of benzene rings is 3. The Bertz CT molecular complexity index is 575. The first-order valence-electron chi connectivity index (χ1n) is 6.84. The Morgan fingerprint density at radius 3 is 0.955 bits per heavy atom. The van der Waals surface area contributed by atoms with Crippen LogP contribution >= 0.6 is 0 Å². The molecule has 22 heavy (non-hydrogen) atoms. The second kappa shape index (κ2) is 8.54. The third-order valence-corrected chi connectivity index (χ3v) is 7.76. The van der Waals surface area contributed by atoms with Crippen molar-refractivity contribution in [1.29, 1.82) is 0 Å². The standard InChI is InChI=1S/C19H17Si.ClH.Mg/c1-20(17-11-5-2-6-12-17,18-13-7-3-8-14-18)19-15-9-4-10-16-19;;/h2-16H,1H2;1H;/q-1;;+2/p-1. The molecule has 3 aromatic rings. The molecule has 0 aliphatic carbocycles. The summed E-state index contributed by atoms with van der Waals surface area (Å²) in [7, 11) is -2.13. The molecule has 0 nitrogen and oxygen atoms in total. The van der Waals surface area contributed by atoms with Gasteiger partial charge in [-0.05, 0) is 0 Å². The largest absolute Gasteiger partial charge is 2.00 e. The van der Waals surface area contributed by atoms with Crippen molar-refractivity contribution in [3.05, 3.63) is 97.5 Å². The van der Waals surface area contributed by atoms with Crippen LogP contribution in [0.15, 0.2) is 91.0 Å². The van der Waals surface area contributed by atoms with E-state index in [1.165, 1.54) is 15.6 Å². The van der Waals surface area contributed by atoms with E-state index in [9.17, 15) is 0 Å². The van der Waals surface area contributed by atoms with Crippen molar-refractivity contribution in [1.82, 2.24) is 0 Å². The molecule has 3 aromatic carbocycles. The van der Waals surface area contributed by atoms with Crippen LogP contribution in [-0.2, 0) is 0 Å². The molecule has 0 saturated heterocycles. The first-order chi connectivity index (χ1) is 9.82. The van der Waals surface area contributed by atoms with Gasteiger partial charge in [0.05, 0.1) is 0 Å². The maximum Gasteiger partial charge on any atom is 2.00 e. The van der Waals surface area contributed by atoms with Crippen molar-refractivity contribution >= 4 is 46.7 Å². The van der Waals surface area contributed by atoms with Crippen LogP contribution in [0, 0.1) is 6.55 Å². The molecule has 0 unspecified atom stereocenters. The number of rotatable bonds is 3. The van der Waals surface area contributed by atoms with Gasteiger partial charge in [-0.2, -0.15) is 0 Å². The van der Waals surface area contributed by atoms with Gasteiger partial charge in [-0.25, -0.2) is 0 Å². The molecule has 106 valence electrons. The Morgan fingerprint density at radius 2 is 0.727 bits per heavy atom. The second-order valence-corrected chi connectivity index (χ2v) is 8.55. The summed E-state index contributed by atoms with van der Waals surface area (Å²) in [6.07, 6.45) is 0. The maximum atomic E-state index is 4.72. The molecule has 3 rings (SSSR count). The summed E-state index contributed by atoms with van der Waals surface area (Å²) in [4.78, 5) is 0. The fraction of sp³-hybridized carbons (Fsp3) is 0. The molecular weight excluding hydrogens is 316 g/mol. The maximum absolute atomic E-state index is 4.72. The van der Waals surface area contributed by atoms with Crippen LogP contribution in [0.2, 0.25) is 0 Å². The zero-order valence-corrected chi connectivity index (χ0v) is 15.6. The predicted molar refractivity (Wildman–Crippen MR) is 95.1 cm³/mol. The molecular formula is C19H17ClMgSi. The molecule has 0 aromatic heterocycles. The zero-order chi connectivity index (χ0) is 13.8. The molecule has 0 amide bonds. The van der Waals surface area contributed by atoms with E-state index >= 15 is 0 Å². The molecule has 0 aliphatic rings. The fourth-order valence-electron chi connectivity index (χ4n) is 2.67. The zero-order valence-electron chi connectivity index (χ0n) is 12.5. The summed E-state index contributed by atoms with van der Waals surface area (Å²) < 4.78 is 0. The van der Waals surface area contributed by atoms with Gasteiger partial charge >= 0.3 is 23.1 Å². The van der Waals surface area contributed by atoms with Gasteiger partial charge in [0, 0.05) is 8.07 Å². The van der Waals surface area contributed by atoms with E-state index in [0.29, 0.717) is 0 Å². The van der Waals surface area contributed by atoms with E-state index in [2.05, 4.69) is 91.0 Å². The third-order valence-electron chi connectivity index (χ3n) is 3.80. The average Bonchev–Trinajstić information content (AvgIpc) is 2.56. The Morgan fingerprint density at radius 1 is 0.500 bits per heavy atom. The first-order valence-corrected chi connectivity index (χ1v) is 9.04. The van der Waals surface area contributed by atoms with Crippen molar-refractivity contribution in [2.75, 3.05) is 0 Å². The normalized spacial score (nSPS) is 10.2. The average molecular weight is 333 g/mol. The molecule has 0 N–H and O–H groups in total. The van der Waals surface area contributed by atoms with E-state index in [4.69, 9.17) is 6.55 Å². The Kier molecular flexibility index (Phi) is 7.36. The minimum atomic E-state index is -2.13. The minimum absolute atomic E-state index is 0. The topological polar surface area (TPSA) is 0 Å². The van der Waals surface area contributed by atoms with Gasteiger partial charge in [0.2, 0.25) is 0 Å². The Balaban J connectivity index is 0.00000121. The van der Waals surface area contributed by atoms with Crippen molar-refractivity contribution in [2.24, 2.45) is 0 Å². The number of hydrogen-bond acceptors (Lipinski definition) is 0. The fourth-order valence-corrected chi connectivity index (χ4v) is 5.95. The predicted octanol–water partition coefficient (Wildman–Crippen LogP) is -0.847. The summed E-state index contributed by atoms with van der Waals surface area (Å²) in [5, 5.41) is 4.03. The van der Waals surface area contributed by atoms with Crippen LogP contribution in [0.5, 0.6) is 0 Å². The van der Waals surface area contributed by atoms with E-state index in [1.54, 1.807) is 0 Å². The quantitative estimate of drug-likeness (QED) is 0.333. The monoisotopic (exact) mass is 332 g/mol. The number of hydrogen-bond donors (Lipinski definition) is 0. The van der Waals surface area contributed by atoms with Crippen molar-refractivity contribution in [3.63, 3.8) is 0 Å². The van der Waals surface area contributed by atoms with Crippen LogP contribution < -0.4 is 28.0 Å². The smallest absolute Gasteiger partial charge is 1.00 e. The van der Waals surface area contributed by atoms with Gasteiger partial charge in [-0.1, -0.05) is 107 Å². The summed E-state index contributed by atoms with van der Waals surface area (Å²) >= 11 is 0. The molecule has 0 bridgehead atoms. The number of halogens is 1. The van der Waals surface area contributed by atoms with Gasteiger partial charge < -0.3 is 19.0 Å². The van der Waals surface area contributed by atoms with Crippen LogP contribution in [0.1, 0.15) is 0 Å². The molecule has 0 heterocycles. The van der Waals surface area contributed by atoms with Gasteiger partial charge in [-0.15, -0.1) is 0 Å². The van der Waals surface area contributed by atoms with Gasteiger partial charge in [-0.3, -0.25) is 0 Å². The van der Waals surface area contributed by atoms with E-state index in [0.717, 1.165) is 0 Å². The summed E-state index contributed by atoms with van der Waals surface area (Å²) in [5.41, 5.74) is 0. The molecule has 0 atom stereocenters. The Labute approximate surface area is 156 Å². The van der Waals surface area contributed by atoms with Crippen LogP contribution in [0.4, 0.5) is 0 Å².